The third kappa shape index (κ3) is 1.92. The minimum atomic E-state index is 0.125. The van der Waals surface area contributed by atoms with E-state index in [1.54, 1.807) is 6.07 Å². The molecule has 0 aliphatic carbocycles. The maximum Gasteiger partial charge on any atom is 0.134 e. The first kappa shape index (κ1) is 10.7. The summed E-state index contributed by atoms with van der Waals surface area (Å²) in [5.41, 5.74) is 1.78. The van der Waals surface area contributed by atoms with Gasteiger partial charge in [0, 0.05) is 5.02 Å². The van der Waals surface area contributed by atoms with E-state index in [-0.39, 0.29) is 5.75 Å². The normalized spacial score (nSPS) is 10.5. The number of benzene rings is 1. The highest BCUT2D eigenvalue weighted by atomic mass is 35.5. The topological polar surface area (TPSA) is 20.2 Å². The van der Waals surface area contributed by atoms with E-state index < -0.39 is 0 Å². The summed E-state index contributed by atoms with van der Waals surface area (Å²) >= 11 is 12.0. The smallest absolute Gasteiger partial charge is 0.134 e. The molecule has 0 amide bonds. The number of aryl methyl sites for hydroxylation is 1. The Morgan fingerprint density at radius 2 is 1.77 bits per heavy atom. The van der Waals surface area contributed by atoms with Crippen LogP contribution in [0.5, 0.6) is 5.75 Å². The van der Waals surface area contributed by atoms with Gasteiger partial charge in [0.25, 0.3) is 0 Å². The van der Waals surface area contributed by atoms with Gasteiger partial charge in [-0.2, -0.15) is 0 Å². The van der Waals surface area contributed by atoms with Crippen molar-refractivity contribution in [3.63, 3.8) is 0 Å². The van der Waals surface area contributed by atoms with Gasteiger partial charge in [0.15, 0.2) is 0 Å². The van der Waals surface area contributed by atoms with Gasteiger partial charge in [-0.1, -0.05) is 37.0 Å². The summed E-state index contributed by atoms with van der Waals surface area (Å²) < 4.78 is 0. The average molecular weight is 219 g/mol. The summed E-state index contributed by atoms with van der Waals surface area (Å²) in [4.78, 5) is 0. The van der Waals surface area contributed by atoms with Gasteiger partial charge in [-0.15, -0.1) is 0 Å². The van der Waals surface area contributed by atoms with E-state index in [1.165, 1.54) is 0 Å². The van der Waals surface area contributed by atoms with Crippen molar-refractivity contribution in [3.8, 4) is 5.75 Å². The monoisotopic (exact) mass is 218 g/mol. The number of phenols is 1. The molecule has 13 heavy (non-hydrogen) atoms. The molecular weight excluding hydrogens is 207 g/mol. The second-order valence-corrected chi connectivity index (χ2v) is 3.62. The zero-order valence-electron chi connectivity index (χ0n) is 7.69. The molecule has 1 aromatic carbocycles. The number of aromatic hydroxyl groups is 1. The Kier molecular flexibility index (Phi) is 3.46. The van der Waals surface area contributed by atoms with Gasteiger partial charge in [-0.25, -0.2) is 0 Å². The van der Waals surface area contributed by atoms with Gasteiger partial charge in [0.05, 0.1) is 5.02 Å². The molecule has 1 aromatic rings. The van der Waals surface area contributed by atoms with Crippen molar-refractivity contribution in [1.29, 1.82) is 0 Å². The van der Waals surface area contributed by atoms with E-state index in [2.05, 4.69) is 0 Å². The van der Waals surface area contributed by atoms with E-state index in [1.807, 2.05) is 13.8 Å². The van der Waals surface area contributed by atoms with E-state index in [0.29, 0.717) is 10.0 Å². The van der Waals surface area contributed by atoms with Crippen LogP contribution in [0.4, 0.5) is 0 Å². The first-order valence-corrected chi connectivity index (χ1v) is 5.06. The Labute approximate surface area is 88.3 Å². The van der Waals surface area contributed by atoms with Gasteiger partial charge in [-0.3, -0.25) is 0 Å². The molecule has 0 saturated heterocycles. The lowest BCUT2D eigenvalue weighted by atomic mass is 10.1. The summed E-state index contributed by atoms with van der Waals surface area (Å²) in [7, 11) is 0. The predicted molar refractivity (Wildman–Crippen MR) is 56.9 cm³/mol. The van der Waals surface area contributed by atoms with Crippen LogP contribution in [0.3, 0.4) is 0 Å². The van der Waals surface area contributed by atoms with Crippen LogP contribution in [0.25, 0.3) is 0 Å². The second-order valence-electron chi connectivity index (χ2n) is 2.87. The molecule has 0 bridgehead atoms. The van der Waals surface area contributed by atoms with Crippen LogP contribution >= 0.6 is 23.2 Å². The van der Waals surface area contributed by atoms with Gasteiger partial charge in [0.2, 0.25) is 0 Å². The van der Waals surface area contributed by atoms with E-state index in [0.717, 1.165) is 24.0 Å². The zero-order valence-corrected chi connectivity index (χ0v) is 9.21. The number of hydrogen-bond acceptors (Lipinski definition) is 1. The highest BCUT2D eigenvalue weighted by Crippen LogP contribution is 2.35. The first-order chi connectivity index (χ1) is 6.11. The molecule has 1 N–H and O–H groups in total. The van der Waals surface area contributed by atoms with E-state index in [9.17, 15) is 5.11 Å². The molecule has 0 atom stereocenters. The van der Waals surface area contributed by atoms with Crippen molar-refractivity contribution in [3.05, 3.63) is 27.2 Å². The number of rotatable bonds is 2. The maximum absolute atomic E-state index is 9.48. The zero-order chi connectivity index (χ0) is 10.0. The Hall–Kier alpha value is -0.400. The minimum Gasteiger partial charge on any atom is -0.506 e. The summed E-state index contributed by atoms with van der Waals surface area (Å²) in [5.74, 6) is 0.125. The van der Waals surface area contributed by atoms with E-state index >= 15 is 0 Å². The Morgan fingerprint density at radius 1 is 1.15 bits per heavy atom. The Morgan fingerprint density at radius 3 is 2.23 bits per heavy atom. The fourth-order valence-electron chi connectivity index (χ4n) is 1.30. The van der Waals surface area contributed by atoms with Crippen molar-refractivity contribution in [1.82, 2.24) is 0 Å². The quantitative estimate of drug-likeness (QED) is 0.801. The molecule has 3 heteroatoms. The molecule has 0 unspecified atom stereocenters. The van der Waals surface area contributed by atoms with Gasteiger partial charge < -0.3 is 5.11 Å². The van der Waals surface area contributed by atoms with Crippen molar-refractivity contribution >= 4 is 23.2 Å². The van der Waals surface area contributed by atoms with E-state index in [4.69, 9.17) is 23.2 Å². The molecule has 0 aliphatic rings. The van der Waals surface area contributed by atoms with Gasteiger partial charge in [-0.05, 0) is 30.0 Å². The van der Waals surface area contributed by atoms with Crippen LogP contribution in [-0.2, 0) is 12.8 Å². The van der Waals surface area contributed by atoms with Crippen molar-refractivity contribution < 1.29 is 5.11 Å². The van der Waals surface area contributed by atoms with Crippen LogP contribution in [0, 0.1) is 0 Å². The molecule has 1 nitrogen and oxygen atoms in total. The lowest BCUT2D eigenvalue weighted by molar-refractivity contribution is 0.474. The number of phenolic OH excluding ortho intramolecular Hbond substituents is 1. The molecule has 0 spiro atoms. The van der Waals surface area contributed by atoms with Crippen molar-refractivity contribution in [2.75, 3.05) is 0 Å². The third-order valence-electron chi connectivity index (χ3n) is 2.08. The number of halogens is 2. The summed E-state index contributed by atoms with van der Waals surface area (Å²) in [6.07, 6.45) is 1.54. The first-order valence-electron chi connectivity index (χ1n) is 4.30. The minimum absolute atomic E-state index is 0.125. The molecule has 0 heterocycles. The molecule has 0 aromatic heterocycles. The van der Waals surface area contributed by atoms with Crippen LogP contribution < -0.4 is 0 Å². The molecule has 72 valence electrons. The van der Waals surface area contributed by atoms with Crippen molar-refractivity contribution in [2.24, 2.45) is 0 Å². The Bertz CT molecular complexity index is 321. The van der Waals surface area contributed by atoms with Crippen molar-refractivity contribution in [2.45, 2.75) is 26.7 Å². The fraction of sp³-hybridized carbons (Fsp3) is 0.400. The van der Waals surface area contributed by atoms with Crippen LogP contribution in [0.1, 0.15) is 25.0 Å². The molecule has 0 radical (unpaired) electrons. The number of hydrogen-bond donors (Lipinski definition) is 1. The highest BCUT2D eigenvalue weighted by molar-refractivity contribution is 6.37. The summed E-state index contributed by atoms with van der Waals surface area (Å²) in [5, 5.41) is 10.5. The Balaban J connectivity index is 3.39. The maximum atomic E-state index is 9.48. The summed E-state index contributed by atoms with van der Waals surface area (Å²) in [6.45, 7) is 3.96. The average Bonchev–Trinajstić information content (AvgIpc) is 2.12. The predicted octanol–water partition coefficient (Wildman–Crippen LogP) is 3.82. The summed E-state index contributed by atoms with van der Waals surface area (Å²) in [6, 6.07) is 1.63. The lowest BCUT2D eigenvalue weighted by Crippen LogP contribution is -1.91. The van der Waals surface area contributed by atoms with Crippen LogP contribution in [0.15, 0.2) is 6.07 Å². The van der Waals surface area contributed by atoms with Gasteiger partial charge in [0.1, 0.15) is 5.75 Å². The van der Waals surface area contributed by atoms with Gasteiger partial charge >= 0.3 is 0 Å². The fourth-order valence-corrected chi connectivity index (χ4v) is 2.05. The molecule has 1 rings (SSSR count). The standard InChI is InChI=1S/C10H12Cl2O/c1-3-6-5-8(13)10(12)7(4-2)9(6)11/h5,13H,3-4H2,1-2H3. The largest absolute Gasteiger partial charge is 0.506 e. The molecule has 0 aliphatic heterocycles. The van der Waals surface area contributed by atoms with Crippen LogP contribution in [0.2, 0.25) is 10.0 Å². The molecule has 0 saturated carbocycles. The van der Waals surface area contributed by atoms with Crippen LogP contribution in [-0.4, -0.2) is 5.11 Å². The lowest BCUT2D eigenvalue weighted by Gasteiger charge is -2.10. The molecule has 0 fully saturated rings. The molecular formula is C10H12Cl2O. The highest BCUT2D eigenvalue weighted by Gasteiger charge is 2.12. The SMILES string of the molecule is CCc1cc(O)c(Cl)c(CC)c1Cl. The second kappa shape index (κ2) is 4.21. The third-order valence-corrected chi connectivity index (χ3v) is 2.97.